The van der Waals surface area contributed by atoms with Crippen LogP contribution in [0.2, 0.25) is 5.02 Å². The molecule has 0 aliphatic heterocycles. The maximum atomic E-state index is 11.9. The van der Waals surface area contributed by atoms with Crippen molar-refractivity contribution in [3.05, 3.63) is 83.6 Å². The first-order valence-corrected chi connectivity index (χ1v) is 8.23. The Labute approximate surface area is 155 Å². The minimum absolute atomic E-state index is 0.0533. The van der Waals surface area contributed by atoms with Crippen molar-refractivity contribution in [3.63, 3.8) is 0 Å². The molecule has 6 heteroatoms. The lowest BCUT2D eigenvalue weighted by Gasteiger charge is -2.08. The van der Waals surface area contributed by atoms with Crippen molar-refractivity contribution >= 4 is 29.2 Å². The van der Waals surface area contributed by atoms with Crippen molar-refractivity contribution in [2.24, 2.45) is 0 Å². The van der Waals surface area contributed by atoms with Gasteiger partial charge in [0.15, 0.2) is 6.61 Å². The highest BCUT2D eigenvalue weighted by Gasteiger charge is 2.12. The number of hydrogen-bond acceptors (Lipinski definition) is 4. The Bertz CT molecular complexity index is 912. The Kier molecular flexibility index (Phi) is 5.61. The van der Waals surface area contributed by atoms with Gasteiger partial charge in [-0.05, 0) is 35.4 Å². The van der Waals surface area contributed by atoms with Crippen molar-refractivity contribution in [1.82, 2.24) is 4.98 Å². The summed E-state index contributed by atoms with van der Waals surface area (Å²) in [5.74, 6) is -1.14. The van der Waals surface area contributed by atoms with Crippen molar-refractivity contribution in [2.45, 2.75) is 0 Å². The maximum absolute atomic E-state index is 11.9. The number of nitrogens with zero attached hydrogens (tertiary/aromatic N) is 1. The second kappa shape index (κ2) is 8.27. The number of amides is 1. The van der Waals surface area contributed by atoms with Crippen molar-refractivity contribution < 1.29 is 14.3 Å². The van der Waals surface area contributed by atoms with Gasteiger partial charge in [0.2, 0.25) is 0 Å². The fourth-order valence-electron chi connectivity index (χ4n) is 2.30. The average molecular weight is 367 g/mol. The van der Waals surface area contributed by atoms with E-state index < -0.39 is 18.5 Å². The van der Waals surface area contributed by atoms with E-state index in [0.717, 1.165) is 11.1 Å². The first kappa shape index (κ1) is 17.6. The van der Waals surface area contributed by atoms with E-state index in [9.17, 15) is 9.59 Å². The highest BCUT2D eigenvalue weighted by Crippen LogP contribution is 2.21. The molecule has 1 heterocycles. The molecule has 3 aromatic rings. The van der Waals surface area contributed by atoms with Crippen LogP contribution >= 0.6 is 11.6 Å². The van der Waals surface area contributed by atoms with Crippen LogP contribution < -0.4 is 5.32 Å². The van der Waals surface area contributed by atoms with Crippen LogP contribution in [0.1, 0.15) is 10.5 Å². The number of carbonyl (C=O) groups excluding carboxylic acids is 2. The smallest absolute Gasteiger partial charge is 0.357 e. The van der Waals surface area contributed by atoms with Crippen LogP contribution in [0.4, 0.5) is 5.69 Å². The molecule has 0 bridgehead atoms. The van der Waals surface area contributed by atoms with Crippen molar-refractivity contribution in [1.29, 1.82) is 0 Å². The molecule has 1 aromatic heterocycles. The number of carbonyl (C=O) groups is 2. The lowest BCUT2D eigenvalue weighted by molar-refractivity contribution is -0.119. The highest BCUT2D eigenvalue weighted by atomic mass is 35.5. The minimum Gasteiger partial charge on any atom is -0.451 e. The molecule has 0 spiro atoms. The number of halogens is 1. The molecule has 0 saturated heterocycles. The van der Waals surface area contributed by atoms with Crippen molar-refractivity contribution in [3.8, 4) is 11.1 Å². The second-order valence-corrected chi connectivity index (χ2v) is 5.86. The molecule has 1 N–H and O–H groups in total. The normalized spacial score (nSPS) is 10.2. The molecule has 0 unspecified atom stereocenters. The zero-order valence-electron chi connectivity index (χ0n) is 13.7. The topological polar surface area (TPSA) is 68.3 Å². The largest absolute Gasteiger partial charge is 0.451 e. The maximum Gasteiger partial charge on any atom is 0.357 e. The first-order valence-electron chi connectivity index (χ1n) is 7.86. The molecule has 0 aliphatic rings. The SMILES string of the molecule is O=C(COC(=O)c1cc(Cl)ccn1)Nc1ccc(-c2ccccc2)cc1. The third-order valence-electron chi connectivity index (χ3n) is 3.54. The summed E-state index contributed by atoms with van der Waals surface area (Å²) in [6, 6.07) is 20.2. The van der Waals surface area contributed by atoms with Crippen LogP contribution in [-0.4, -0.2) is 23.5 Å². The fourth-order valence-corrected chi connectivity index (χ4v) is 2.45. The van der Waals surface area contributed by atoms with Gasteiger partial charge in [0.05, 0.1) is 0 Å². The fraction of sp³-hybridized carbons (Fsp3) is 0.0500. The van der Waals surface area contributed by atoms with Gasteiger partial charge in [0.1, 0.15) is 5.69 Å². The van der Waals surface area contributed by atoms with Gasteiger partial charge in [0, 0.05) is 16.9 Å². The molecule has 0 saturated carbocycles. The molecule has 2 aromatic carbocycles. The third kappa shape index (κ3) is 4.68. The Balaban J connectivity index is 1.54. The summed E-state index contributed by atoms with van der Waals surface area (Å²) in [6.45, 7) is -0.409. The van der Waals surface area contributed by atoms with E-state index in [4.69, 9.17) is 16.3 Å². The summed E-state index contributed by atoms with van der Waals surface area (Å²) in [4.78, 5) is 27.6. The molecule has 0 radical (unpaired) electrons. The van der Waals surface area contributed by atoms with Crippen LogP contribution in [0, 0.1) is 0 Å². The zero-order valence-corrected chi connectivity index (χ0v) is 14.4. The summed E-state index contributed by atoms with van der Waals surface area (Å²) < 4.78 is 4.94. The molecular weight excluding hydrogens is 352 g/mol. The number of anilines is 1. The number of pyridine rings is 1. The lowest BCUT2D eigenvalue weighted by atomic mass is 10.1. The molecule has 0 atom stereocenters. The van der Waals surface area contributed by atoms with Crippen LogP contribution in [0.3, 0.4) is 0 Å². The molecule has 26 heavy (non-hydrogen) atoms. The first-order chi connectivity index (χ1) is 12.6. The van der Waals surface area contributed by atoms with Gasteiger partial charge in [-0.1, -0.05) is 54.1 Å². The van der Waals surface area contributed by atoms with Crippen LogP contribution in [0.25, 0.3) is 11.1 Å². The van der Waals surface area contributed by atoms with Crippen LogP contribution in [0.5, 0.6) is 0 Å². The number of benzene rings is 2. The second-order valence-electron chi connectivity index (χ2n) is 5.43. The van der Waals surface area contributed by atoms with Gasteiger partial charge >= 0.3 is 5.97 Å². The number of aromatic nitrogens is 1. The Morgan fingerprint density at radius 2 is 1.65 bits per heavy atom. The molecule has 0 fully saturated rings. The monoisotopic (exact) mass is 366 g/mol. The van der Waals surface area contributed by atoms with Crippen LogP contribution in [-0.2, 0) is 9.53 Å². The molecule has 1 amide bonds. The van der Waals surface area contributed by atoms with Gasteiger partial charge in [-0.2, -0.15) is 0 Å². The molecule has 0 aliphatic carbocycles. The number of ether oxygens (including phenoxy) is 1. The van der Waals surface area contributed by atoms with Crippen LogP contribution in [0.15, 0.2) is 72.9 Å². The quantitative estimate of drug-likeness (QED) is 0.687. The molecule has 130 valence electrons. The lowest BCUT2D eigenvalue weighted by Crippen LogP contribution is -2.21. The third-order valence-corrected chi connectivity index (χ3v) is 3.78. The number of nitrogens with one attached hydrogen (secondary N) is 1. The highest BCUT2D eigenvalue weighted by molar-refractivity contribution is 6.30. The standard InChI is InChI=1S/C20H15ClN2O3/c21-16-10-11-22-18(12-16)20(25)26-13-19(24)23-17-8-6-15(7-9-17)14-4-2-1-3-5-14/h1-12H,13H2,(H,23,24). The van der Waals surface area contributed by atoms with E-state index in [1.54, 1.807) is 18.2 Å². The number of hydrogen-bond donors (Lipinski definition) is 1. The predicted octanol–water partition coefficient (Wildman–Crippen LogP) is 4.20. The van der Waals surface area contributed by atoms with Gasteiger partial charge in [-0.25, -0.2) is 9.78 Å². The Morgan fingerprint density at radius 3 is 2.35 bits per heavy atom. The molecular formula is C20H15ClN2O3. The van der Waals surface area contributed by atoms with Crippen molar-refractivity contribution in [2.75, 3.05) is 11.9 Å². The van der Waals surface area contributed by atoms with E-state index in [1.807, 2.05) is 42.5 Å². The minimum atomic E-state index is -0.706. The number of rotatable bonds is 5. The average Bonchev–Trinajstić information content (AvgIpc) is 2.67. The molecule has 5 nitrogen and oxygen atoms in total. The van der Waals surface area contributed by atoms with Gasteiger partial charge < -0.3 is 10.1 Å². The molecule has 3 rings (SSSR count). The van der Waals surface area contributed by atoms with E-state index >= 15 is 0 Å². The number of esters is 1. The zero-order chi connectivity index (χ0) is 18.4. The predicted molar refractivity (Wildman–Crippen MR) is 100 cm³/mol. The van der Waals surface area contributed by atoms with Gasteiger partial charge in [-0.3, -0.25) is 4.79 Å². The Morgan fingerprint density at radius 1 is 0.962 bits per heavy atom. The summed E-state index contributed by atoms with van der Waals surface area (Å²) in [5.41, 5.74) is 2.81. The van der Waals surface area contributed by atoms with E-state index in [1.165, 1.54) is 12.3 Å². The van der Waals surface area contributed by atoms with Gasteiger partial charge in [-0.15, -0.1) is 0 Å². The Hall–Kier alpha value is -3.18. The summed E-state index contributed by atoms with van der Waals surface area (Å²) in [6.07, 6.45) is 1.40. The van der Waals surface area contributed by atoms with E-state index in [0.29, 0.717) is 10.7 Å². The van der Waals surface area contributed by atoms with Gasteiger partial charge in [0.25, 0.3) is 5.91 Å². The van der Waals surface area contributed by atoms with E-state index in [2.05, 4.69) is 10.3 Å². The summed E-state index contributed by atoms with van der Waals surface area (Å²) >= 11 is 5.79. The van der Waals surface area contributed by atoms with E-state index in [-0.39, 0.29) is 5.69 Å². The summed E-state index contributed by atoms with van der Waals surface area (Å²) in [7, 11) is 0. The summed E-state index contributed by atoms with van der Waals surface area (Å²) in [5, 5.41) is 3.05.